The highest BCUT2D eigenvalue weighted by Crippen LogP contribution is 2.13. The molecule has 130 valence electrons. The van der Waals surface area contributed by atoms with Gasteiger partial charge in [0.1, 0.15) is 0 Å². The topological polar surface area (TPSA) is 52.6 Å². The van der Waals surface area contributed by atoms with Crippen LogP contribution in [0.1, 0.15) is 89.9 Å². The molecule has 4 heteroatoms. The van der Waals surface area contributed by atoms with Gasteiger partial charge in [0.25, 0.3) is 0 Å². The van der Waals surface area contributed by atoms with Crippen LogP contribution in [-0.2, 0) is 19.1 Å². The molecule has 0 saturated carbocycles. The van der Waals surface area contributed by atoms with Crippen molar-refractivity contribution in [1.29, 1.82) is 0 Å². The van der Waals surface area contributed by atoms with E-state index in [1.807, 2.05) is 0 Å². The fourth-order valence-corrected chi connectivity index (χ4v) is 2.51. The molecule has 0 aromatic heterocycles. The lowest BCUT2D eigenvalue weighted by Crippen LogP contribution is -1.99. The first-order chi connectivity index (χ1) is 10.7. The molecule has 4 nitrogen and oxygen atoms in total. The summed E-state index contributed by atoms with van der Waals surface area (Å²) in [5, 5.41) is 0. The van der Waals surface area contributed by atoms with E-state index in [-0.39, 0.29) is 11.9 Å². The molecule has 0 radical (unpaired) electrons. The Morgan fingerprint density at radius 2 is 0.727 bits per heavy atom. The summed E-state index contributed by atoms with van der Waals surface area (Å²) in [6, 6.07) is 0. The summed E-state index contributed by atoms with van der Waals surface area (Å²) in [6.07, 6.45) is 15.6. The number of hydrogen-bond acceptors (Lipinski definition) is 4. The lowest BCUT2D eigenvalue weighted by molar-refractivity contribution is -0.141. The van der Waals surface area contributed by atoms with Crippen LogP contribution in [0.2, 0.25) is 0 Å². The molecule has 0 aliphatic heterocycles. The second kappa shape index (κ2) is 16.3. The van der Waals surface area contributed by atoms with Gasteiger partial charge < -0.3 is 9.47 Å². The quantitative estimate of drug-likeness (QED) is 0.322. The van der Waals surface area contributed by atoms with Crippen LogP contribution in [0.25, 0.3) is 0 Å². The van der Waals surface area contributed by atoms with Crippen molar-refractivity contribution in [2.24, 2.45) is 0 Å². The Kier molecular flexibility index (Phi) is 15.5. The monoisotopic (exact) mass is 314 g/mol. The molecule has 0 spiro atoms. The molecule has 0 heterocycles. The molecule has 0 atom stereocenters. The number of carbonyl (C=O) groups is 2. The highest BCUT2D eigenvalue weighted by molar-refractivity contribution is 5.69. The molecule has 0 fully saturated rings. The largest absolute Gasteiger partial charge is 0.469 e. The molecule has 0 aliphatic carbocycles. The number of rotatable bonds is 15. The third-order valence-corrected chi connectivity index (χ3v) is 3.97. The van der Waals surface area contributed by atoms with Gasteiger partial charge in [0, 0.05) is 12.8 Å². The smallest absolute Gasteiger partial charge is 0.305 e. The fourth-order valence-electron chi connectivity index (χ4n) is 2.51. The van der Waals surface area contributed by atoms with Crippen LogP contribution in [0.5, 0.6) is 0 Å². The van der Waals surface area contributed by atoms with Crippen LogP contribution in [0, 0.1) is 0 Å². The zero-order valence-corrected chi connectivity index (χ0v) is 14.5. The molecule has 0 aliphatic rings. The van der Waals surface area contributed by atoms with E-state index in [1.165, 1.54) is 65.6 Å². The van der Waals surface area contributed by atoms with E-state index in [9.17, 15) is 9.59 Å². The number of ether oxygens (including phenoxy) is 2. The average molecular weight is 314 g/mol. The van der Waals surface area contributed by atoms with Crippen molar-refractivity contribution < 1.29 is 19.1 Å². The van der Waals surface area contributed by atoms with E-state index in [2.05, 4.69) is 9.47 Å². The van der Waals surface area contributed by atoms with Gasteiger partial charge in [0.15, 0.2) is 0 Å². The van der Waals surface area contributed by atoms with E-state index in [0.29, 0.717) is 12.8 Å². The van der Waals surface area contributed by atoms with Crippen LogP contribution < -0.4 is 0 Å². The number of esters is 2. The molecule has 0 amide bonds. The Labute approximate surface area is 135 Å². The molecule has 0 saturated heterocycles. The Bertz CT molecular complexity index is 248. The van der Waals surface area contributed by atoms with Crippen LogP contribution in [0.3, 0.4) is 0 Å². The van der Waals surface area contributed by atoms with Gasteiger partial charge in [-0.1, -0.05) is 64.2 Å². The van der Waals surface area contributed by atoms with Crippen LogP contribution in [0.4, 0.5) is 0 Å². The molecule has 0 bridgehead atoms. The van der Waals surface area contributed by atoms with Gasteiger partial charge in [-0.3, -0.25) is 9.59 Å². The van der Waals surface area contributed by atoms with Crippen LogP contribution >= 0.6 is 0 Å². The highest BCUT2D eigenvalue weighted by Gasteiger charge is 2.00. The van der Waals surface area contributed by atoms with Crippen molar-refractivity contribution in [3.05, 3.63) is 0 Å². The van der Waals surface area contributed by atoms with Gasteiger partial charge in [0.2, 0.25) is 0 Å². The molecule has 0 rings (SSSR count). The van der Waals surface area contributed by atoms with Crippen molar-refractivity contribution in [2.75, 3.05) is 14.2 Å². The normalized spacial score (nSPS) is 10.5. The van der Waals surface area contributed by atoms with Gasteiger partial charge >= 0.3 is 11.9 Å². The molecular formula is C18H34O4. The van der Waals surface area contributed by atoms with E-state index in [0.717, 1.165) is 25.7 Å². The number of methoxy groups -OCH3 is 2. The minimum absolute atomic E-state index is 0.0911. The van der Waals surface area contributed by atoms with Gasteiger partial charge in [-0.15, -0.1) is 0 Å². The maximum absolute atomic E-state index is 10.9. The Morgan fingerprint density at radius 3 is 0.955 bits per heavy atom. The lowest BCUT2D eigenvalue weighted by Gasteiger charge is -2.03. The summed E-state index contributed by atoms with van der Waals surface area (Å²) >= 11 is 0. The minimum atomic E-state index is -0.0911. The summed E-state index contributed by atoms with van der Waals surface area (Å²) in [4.78, 5) is 21.8. The Balaban J connectivity index is 3.05. The number of unbranched alkanes of at least 4 members (excludes halogenated alkanes) is 11. The van der Waals surface area contributed by atoms with Crippen molar-refractivity contribution in [3.63, 3.8) is 0 Å². The summed E-state index contributed by atoms with van der Waals surface area (Å²) < 4.78 is 9.23. The molecule has 22 heavy (non-hydrogen) atoms. The summed E-state index contributed by atoms with van der Waals surface area (Å²) in [7, 11) is 2.89. The van der Waals surface area contributed by atoms with Crippen molar-refractivity contribution in [2.45, 2.75) is 89.9 Å². The third kappa shape index (κ3) is 15.3. The molecule has 0 unspecified atom stereocenters. The molecule has 0 aromatic carbocycles. The van der Waals surface area contributed by atoms with Crippen LogP contribution in [0.15, 0.2) is 0 Å². The van der Waals surface area contributed by atoms with Gasteiger partial charge in [-0.25, -0.2) is 0 Å². The third-order valence-electron chi connectivity index (χ3n) is 3.97. The lowest BCUT2D eigenvalue weighted by atomic mass is 10.0. The standard InChI is InChI=1S/C18H34O4/c1-21-17(19)15-13-11-9-7-5-3-4-6-8-10-12-14-16-18(20)22-2/h3-16H2,1-2H3. The van der Waals surface area contributed by atoms with Gasteiger partial charge in [0.05, 0.1) is 14.2 Å². The SMILES string of the molecule is COC(=O)CCCCCCCCCCCCCCC(=O)OC. The minimum Gasteiger partial charge on any atom is -0.469 e. The maximum atomic E-state index is 10.9. The second-order valence-electron chi connectivity index (χ2n) is 5.89. The number of carbonyl (C=O) groups excluding carboxylic acids is 2. The average Bonchev–Trinajstić information content (AvgIpc) is 2.54. The van der Waals surface area contributed by atoms with E-state index < -0.39 is 0 Å². The first kappa shape index (κ1) is 20.9. The van der Waals surface area contributed by atoms with Crippen molar-refractivity contribution >= 4 is 11.9 Å². The van der Waals surface area contributed by atoms with Gasteiger partial charge in [-0.2, -0.15) is 0 Å². The maximum Gasteiger partial charge on any atom is 0.305 e. The molecule has 0 N–H and O–H groups in total. The van der Waals surface area contributed by atoms with Gasteiger partial charge in [-0.05, 0) is 12.8 Å². The van der Waals surface area contributed by atoms with E-state index >= 15 is 0 Å². The summed E-state index contributed by atoms with van der Waals surface area (Å²) in [6.45, 7) is 0. The number of hydrogen-bond donors (Lipinski definition) is 0. The Hall–Kier alpha value is -1.06. The van der Waals surface area contributed by atoms with E-state index in [4.69, 9.17) is 0 Å². The zero-order chi connectivity index (χ0) is 16.5. The molecular weight excluding hydrogens is 280 g/mol. The second-order valence-corrected chi connectivity index (χ2v) is 5.89. The first-order valence-corrected chi connectivity index (χ1v) is 8.84. The van der Waals surface area contributed by atoms with Crippen molar-refractivity contribution in [3.8, 4) is 0 Å². The van der Waals surface area contributed by atoms with Crippen LogP contribution in [-0.4, -0.2) is 26.2 Å². The fraction of sp³-hybridized carbons (Fsp3) is 0.889. The first-order valence-electron chi connectivity index (χ1n) is 8.84. The van der Waals surface area contributed by atoms with E-state index in [1.54, 1.807) is 0 Å². The summed E-state index contributed by atoms with van der Waals surface area (Å²) in [5.41, 5.74) is 0. The summed E-state index contributed by atoms with van der Waals surface area (Å²) in [5.74, 6) is -0.182. The molecule has 0 aromatic rings. The Morgan fingerprint density at radius 1 is 0.500 bits per heavy atom. The predicted octanol–water partition coefficient (Wildman–Crippen LogP) is 4.79. The predicted molar refractivity (Wildman–Crippen MR) is 88.7 cm³/mol. The zero-order valence-electron chi connectivity index (χ0n) is 14.5. The van der Waals surface area contributed by atoms with Crippen molar-refractivity contribution in [1.82, 2.24) is 0 Å². The highest BCUT2D eigenvalue weighted by atomic mass is 16.5.